The van der Waals surface area contributed by atoms with E-state index in [4.69, 9.17) is 9.47 Å². The molecular weight excluding hydrogens is 248 g/mol. The van der Waals surface area contributed by atoms with Gasteiger partial charge in [0.25, 0.3) is 0 Å². The maximum atomic E-state index is 11.3. The largest absolute Gasteiger partial charge is 0.497 e. The summed E-state index contributed by atoms with van der Waals surface area (Å²) < 4.78 is 10.5. The monoisotopic (exact) mass is 266 g/mol. The van der Waals surface area contributed by atoms with E-state index in [1.807, 2.05) is 19.1 Å². The Hall–Kier alpha value is -1.79. The molecule has 3 unspecified atom stereocenters. The summed E-state index contributed by atoms with van der Waals surface area (Å²) in [4.78, 5) is 11.3. The number of ether oxygens (including phenoxy) is 2. The second-order valence-corrected chi connectivity index (χ2v) is 4.53. The minimum atomic E-state index is -0.889. The van der Waals surface area contributed by atoms with Crippen LogP contribution in [-0.4, -0.2) is 37.4 Å². The summed E-state index contributed by atoms with van der Waals surface area (Å²) in [5.74, 6) is 0.213. The summed E-state index contributed by atoms with van der Waals surface area (Å²) in [5, 5.41) is 9.26. The van der Waals surface area contributed by atoms with Gasteiger partial charge in [0.1, 0.15) is 17.5 Å². The number of nitrogens with one attached hydrogen (secondary N) is 2. The van der Waals surface area contributed by atoms with E-state index in [1.165, 1.54) is 0 Å². The molecule has 0 saturated carbocycles. The molecule has 1 heterocycles. The first-order valence-electron chi connectivity index (χ1n) is 6.04. The Bertz CT molecular complexity index is 478. The lowest BCUT2D eigenvalue weighted by Crippen LogP contribution is -2.38. The number of aliphatic carboxylic acids is 1. The van der Waals surface area contributed by atoms with E-state index in [0.717, 1.165) is 5.56 Å². The molecule has 1 aliphatic heterocycles. The Balaban J connectivity index is 2.41. The summed E-state index contributed by atoms with van der Waals surface area (Å²) in [7, 11) is 3.14. The number of hydrogen-bond donors (Lipinski definition) is 3. The molecule has 3 atom stereocenters. The molecule has 1 aliphatic rings. The molecule has 0 amide bonds. The van der Waals surface area contributed by atoms with Gasteiger partial charge in [0.05, 0.1) is 14.2 Å². The predicted molar refractivity (Wildman–Crippen MR) is 69.4 cm³/mol. The van der Waals surface area contributed by atoms with Gasteiger partial charge in [-0.25, -0.2) is 5.43 Å². The molecule has 19 heavy (non-hydrogen) atoms. The first-order chi connectivity index (χ1) is 9.08. The van der Waals surface area contributed by atoms with Crippen molar-refractivity contribution < 1.29 is 19.4 Å². The van der Waals surface area contributed by atoms with Gasteiger partial charge in [-0.3, -0.25) is 10.2 Å². The van der Waals surface area contributed by atoms with Gasteiger partial charge in [-0.15, -0.1) is 0 Å². The smallest absolute Gasteiger partial charge is 0.322 e. The number of carboxylic acids is 1. The SMILES string of the molecule is COc1ccc(C2C(C)NNC2C(=O)O)c(OC)c1. The number of rotatable bonds is 4. The van der Waals surface area contributed by atoms with Crippen molar-refractivity contribution in [2.24, 2.45) is 0 Å². The van der Waals surface area contributed by atoms with Crippen molar-refractivity contribution in [1.82, 2.24) is 10.9 Å². The number of hydrazine groups is 1. The Kier molecular flexibility index (Phi) is 3.92. The molecule has 1 aromatic rings. The van der Waals surface area contributed by atoms with Crippen molar-refractivity contribution in [3.63, 3.8) is 0 Å². The summed E-state index contributed by atoms with van der Waals surface area (Å²) in [6, 6.07) is 4.73. The number of carboxylic acid groups (broad SMARTS) is 1. The number of hydrogen-bond acceptors (Lipinski definition) is 5. The molecule has 6 heteroatoms. The van der Waals surface area contributed by atoms with E-state index in [1.54, 1.807) is 20.3 Å². The average Bonchev–Trinajstić information content (AvgIpc) is 2.80. The zero-order valence-electron chi connectivity index (χ0n) is 11.1. The molecular formula is C13H18N2O4. The van der Waals surface area contributed by atoms with Gasteiger partial charge in [0.2, 0.25) is 0 Å². The quantitative estimate of drug-likeness (QED) is 0.746. The molecule has 1 aromatic carbocycles. The maximum absolute atomic E-state index is 11.3. The Morgan fingerprint density at radius 2 is 2.00 bits per heavy atom. The van der Waals surface area contributed by atoms with Gasteiger partial charge in [0, 0.05) is 23.6 Å². The Morgan fingerprint density at radius 3 is 2.58 bits per heavy atom. The van der Waals surface area contributed by atoms with Gasteiger partial charge in [-0.1, -0.05) is 6.07 Å². The lowest BCUT2D eigenvalue weighted by atomic mass is 9.87. The molecule has 104 valence electrons. The summed E-state index contributed by atoms with van der Waals surface area (Å²) in [6.45, 7) is 1.93. The van der Waals surface area contributed by atoms with Gasteiger partial charge < -0.3 is 14.6 Å². The van der Waals surface area contributed by atoms with Crippen LogP contribution in [0.15, 0.2) is 18.2 Å². The number of methoxy groups -OCH3 is 2. The van der Waals surface area contributed by atoms with Gasteiger partial charge in [0.15, 0.2) is 0 Å². The van der Waals surface area contributed by atoms with Crippen molar-refractivity contribution in [2.45, 2.75) is 24.9 Å². The van der Waals surface area contributed by atoms with Gasteiger partial charge >= 0.3 is 5.97 Å². The fraction of sp³-hybridized carbons (Fsp3) is 0.462. The maximum Gasteiger partial charge on any atom is 0.322 e. The lowest BCUT2D eigenvalue weighted by molar-refractivity contribution is -0.139. The third-order valence-electron chi connectivity index (χ3n) is 3.43. The topological polar surface area (TPSA) is 79.8 Å². The van der Waals surface area contributed by atoms with Crippen LogP contribution in [0.1, 0.15) is 18.4 Å². The third-order valence-corrected chi connectivity index (χ3v) is 3.43. The normalized spacial score (nSPS) is 26.2. The fourth-order valence-electron chi connectivity index (χ4n) is 2.45. The van der Waals surface area contributed by atoms with Crippen molar-refractivity contribution in [3.05, 3.63) is 23.8 Å². The van der Waals surface area contributed by atoms with Crippen LogP contribution in [0.25, 0.3) is 0 Å². The minimum absolute atomic E-state index is 0.0107. The molecule has 1 saturated heterocycles. The van der Waals surface area contributed by atoms with Gasteiger partial charge in [-0.2, -0.15) is 0 Å². The summed E-state index contributed by atoms with van der Waals surface area (Å²) in [6.07, 6.45) is 0. The van der Waals surface area contributed by atoms with Crippen molar-refractivity contribution in [1.29, 1.82) is 0 Å². The van der Waals surface area contributed by atoms with Crippen molar-refractivity contribution >= 4 is 5.97 Å². The van der Waals surface area contributed by atoms with Crippen LogP contribution in [0.4, 0.5) is 0 Å². The molecule has 0 aliphatic carbocycles. The van der Waals surface area contributed by atoms with Crippen molar-refractivity contribution in [2.75, 3.05) is 14.2 Å². The predicted octanol–water partition coefficient (Wildman–Crippen LogP) is 0.737. The molecule has 2 rings (SSSR count). The van der Waals surface area contributed by atoms with Crippen LogP contribution in [0.3, 0.4) is 0 Å². The highest BCUT2D eigenvalue weighted by Crippen LogP contribution is 2.36. The minimum Gasteiger partial charge on any atom is -0.497 e. The highest BCUT2D eigenvalue weighted by atomic mass is 16.5. The third kappa shape index (κ3) is 2.50. The fourth-order valence-corrected chi connectivity index (χ4v) is 2.45. The van der Waals surface area contributed by atoms with E-state index >= 15 is 0 Å². The molecule has 0 aromatic heterocycles. The Morgan fingerprint density at radius 1 is 1.26 bits per heavy atom. The van der Waals surface area contributed by atoms with Crippen LogP contribution in [0, 0.1) is 0 Å². The van der Waals surface area contributed by atoms with E-state index in [2.05, 4.69) is 10.9 Å². The number of carbonyl (C=O) groups is 1. The van der Waals surface area contributed by atoms with Crippen molar-refractivity contribution in [3.8, 4) is 11.5 Å². The second kappa shape index (κ2) is 5.46. The first-order valence-corrected chi connectivity index (χ1v) is 6.04. The van der Waals surface area contributed by atoms with Crippen LogP contribution in [0.5, 0.6) is 11.5 Å². The standard InChI is InChI=1S/C13H18N2O4/c1-7-11(12(13(16)17)15-14-7)9-5-4-8(18-2)6-10(9)19-3/h4-7,11-12,14-15H,1-3H3,(H,16,17). The molecule has 0 radical (unpaired) electrons. The highest BCUT2D eigenvalue weighted by molar-refractivity contribution is 5.76. The van der Waals surface area contributed by atoms with Crippen LogP contribution in [-0.2, 0) is 4.79 Å². The molecule has 6 nitrogen and oxygen atoms in total. The van der Waals surface area contributed by atoms with E-state index < -0.39 is 12.0 Å². The van der Waals surface area contributed by atoms with Crippen LogP contribution >= 0.6 is 0 Å². The molecule has 3 N–H and O–H groups in total. The number of benzene rings is 1. The molecule has 1 fully saturated rings. The molecule has 0 bridgehead atoms. The average molecular weight is 266 g/mol. The van der Waals surface area contributed by atoms with Crippen LogP contribution in [0.2, 0.25) is 0 Å². The van der Waals surface area contributed by atoms with E-state index in [9.17, 15) is 9.90 Å². The second-order valence-electron chi connectivity index (χ2n) is 4.53. The zero-order chi connectivity index (χ0) is 14.0. The van der Waals surface area contributed by atoms with Gasteiger partial charge in [-0.05, 0) is 13.0 Å². The van der Waals surface area contributed by atoms with Crippen LogP contribution < -0.4 is 20.3 Å². The lowest BCUT2D eigenvalue weighted by Gasteiger charge is -2.21. The molecule has 0 spiro atoms. The highest BCUT2D eigenvalue weighted by Gasteiger charge is 2.40. The summed E-state index contributed by atoms with van der Waals surface area (Å²) in [5.41, 5.74) is 6.61. The van der Waals surface area contributed by atoms with E-state index in [-0.39, 0.29) is 12.0 Å². The van der Waals surface area contributed by atoms with E-state index in [0.29, 0.717) is 11.5 Å². The summed E-state index contributed by atoms with van der Waals surface area (Å²) >= 11 is 0. The zero-order valence-corrected chi connectivity index (χ0v) is 11.1. The Labute approximate surface area is 111 Å². The first kappa shape index (κ1) is 13.6.